The minimum Gasteiger partial charge on any atom is -0.363 e. The Kier molecular flexibility index (Phi) is 4.52. The summed E-state index contributed by atoms with van der Waals surface area (Å²) in [7, 11) is 1.53. The summed E-state index contributed by atoms with van der Waals surface area (Å²) < 4.78 is 0. The van der Waals surface area contributed by atoms with Crippen molar-refractivity contribution in [3.63, 3.8) is 0 Å². The number of hydrogen-bond donors (Lipinski definition) is 1. The first kappa shape index (κ1) is 13.5. The van der Waals surface area contributed by atoms with Crippen molar-refractivity contribution < 1.29 is 5.11 Å². The zero-order chi connectivity index (χ0) is 12.9. The summed E-state index contributed by atoms with van der Waals surface area (Å²) in [6.45, 7) is 5.51. The molecule has 0 saturated heterocycles. The first-order valence-electron chi connectivity index (χ1n) is 5.64. The fraction of sp³-hybridized carbons (Fsp3) is 0.462. The molecule has 0 spiro atoms. The summed E-state index contributed by atoms with van der Waals surface area (Å²) in [6, 6.07) is 9.63. The maximum Gasteiger partial charge on any atom is 0.216 e. The Morgan fingerprint density at radius 3 is 2.29 bits per heavy atom. The quantitative estimate of drug-likeness (QED) is 0.631. The van der Waals surface area contributed by atoms with Crippen LogP contribution < -0.4 is 0 Å². The highest BCUT2D eigenvalue weighted by Gasteiger charge is 2.28. The van der Waals surface area contributed by atoms with Gasteiger partial charge in [0.2, 0.25) is 5.72 Å². The summed E-state index contributed by atoms with van der Waals surface area (Å²) in [6.07, 6.45) is 0. The van der Waals surface area contributed by atoms with Gasteiger partial charge in [-0.3, -0.25) is 4.99 Å². The molecule has 1 rings (SSSR count). The minimum atomic E-state index is -1.39. The molecular weight excluding hydrogens is 214 g/mol. The van der Waals surface area contributed by atoms with Crippen LogP contribution in [0.4, 0.5) is 0 Å². The van der Waals surface area contributed by atoms with Crippen LogP contribution in [0.2, 0.25) is 0 Å². The van der Waals surface area contributed by atoms with Gasteiger partial charge in [-0.15, -0.1) is 0 Å². The Labute approximate surface area is 102 Å². The van der Waals surface area contributed by atoms with Crippen LogP contribution in [0.3, 0.4) is 0 Å². The summed E-state index contributed by atoms with van der Waals surface area (Å²) in [4.78, 5) is 4.45. The smallest absolute Gasteiger partial charge is 0.216 e. The standard InChI is InChI=1S/C13H19N3O/c1-10(2)15-12(13(3,17)16-14-4)11-8-6-5-7-9-11/h5-10,17H,1-4H3. The maximum atomic E-state index is 10.3. The second-order valence-corrected chi connectivity index (χ2v) is 4.26. The number of azo groups is 1. The molecule has 1 atom stereocenters. The van der Waals surface area contributed by atoms with Crippen LogP contribution in [0.25, 0.3) is 0 Å². The van der Waals surface area contributed by atoms with E-state index in [1.54, 1.807) is 6.92 Å². The van der Waals surface area contributed by atoms with E-state index in [2.05, 4.69) is 15.2 Å². The van der Waals surface area contributed by atoms with Gasteiger partial charge in [-0.2, -0.15) is 10.2 Å². The molecule has 1 aromatic carbocycles. The molecule has 1 N–H and O–H groups in total. The third kappa shape index (κ3) is 3.75. The SMILES string of the molecule is CN=NC(C)(O)C(=NC(C)C)c1ccccc1. The lowest BCUT2D eigenvalue weighted by Gasteiger charge is -2.20. The number of rotatable bonds is 4. The molecular formula is C13H19N3O. The summed E-state index contributed by atoms with van der Waals surface area (Å²) in [5, 5.41) is 17.8. The number of nitrogens with zero attached hydrogens (tertiary/aromatic N) is 3. The van der Waals surface area contributed by atoms with Crippen LogP contribution in [-0.2, 0) is 0 Å². The topological polar surface area (TPSA) is 57.3 Å². The van der Waals surface area contributed by atoms with Crippen LogP contribution in [0.15, 0.2) is 45.6 Å². The second-order valence-electron chi connectivity index (χ2n) is 4.26. The van der Waals surface area contributed by atoms with Gasteiger partial charge in [0.1, 0.15) is 0 Å². The van der Waals surface area contributed by atoms with Crippen molar-refractivity contribution in [1.82, 2.24) is 0 Å². The van der Waals surface area contributed by atoms with E-state index < -0.39 is 5.72 Å². The van der Waals surface area contributed by atoms with Crippen LogP contribution in [0, 0.1) is 0 Å². The van der Waals surface area contributed by atoms with E-state index in [4.69, 9.17) is 0 Å². The van der Waals surface area contributed by atoms with Crippen molar-refractivity contribution in [2.24, 2.45) is 15.2 Å². The van der Waals surface area contributed by atoms with Crippen LogP contribution in [0.5, 0.6) is 0 Å². The highest BCUT2D eigenvalue weighted by atomic mass is 16.3. The third-order valence-electron chi connectivity index (χ3n) is 2.18. The molecule has 4 nitrogen and oxygen atoms in total. The molecule has 1 aromatic rings. The van der Waals surface area contributed by atoms with Crippen molar-refractivity contribution in [3.05, 3.63) is 35.9 Å². The molecule has 1 unspecified atom stereocenters. The number of aliphatic imine (C=N–C) groups is 1. The molecule has 0 amide bonds. The normalized spacial score (nSPS) is 16.5. The summed E-state index contributed by atoms with van der Waals surface area (Å²) >= 11 is 0. The zero-order valence-electron chi connectivity index (χ0n) is 10.8. The molecule has 0 aliphatic heterocycles. The highest BCUT2D eigenvalue weighted by Crippen LogP contribution is 2.17. The zero-order valence-corrected chi connectivity index (χ0v) is 10.8. The Balaban J connectivity index is 3.24. The van der Waals surface area contributed by atoms with E-state index in [9.17, 15) is 5.11 Å². The van der Waals surface area contributed by atoms with Gasteiger partial charge in [-0.25, -0.2) is 0 Å². The average Bonchev–Trinajstić information content (AvgIpc) is 2.26. The van der Waals surface area contributed by atoms with Crippen LogP contribution in [0.1, 0.15) is 26.3 Å². The number of aliphatic hydroxyl groups is 1. The van der Waals surface area contributed by atoms with E-state index >= 15 is 0 Å². The average molecular weight is 233 g/mol. The van der Waals surface area contributed by atoms with Crippen molar-refractivity contribution in [1.29, 1.82) is 0 Å². The lowest BCUT2D eigenvalue weighted by atomic mass is 10.0. The number of hydrogen-bond acceptors (Lipinski definition) is 4. The van der Waals surface area contributed by atoms with Gasteiger partial charge < -0.3 is 5.11 Å². The molecule has 92 valence electrons. The fourth-order valence-corrected chi connectivity index (χ4v) is 1.57. The molecule has 0 aliphatic carbocycles. The van der Waals surface area contributed by atoms with Gasteiger partial charge in [0, 0.05) is 18.7 Å². The lowest BCUT2D eigenvalue weighted by molar-refractivity contribution is 0.134. The van der Waals surface area contributed by atoms with Gasteiger partial charge in [0.25, 0.3) is 0 Å². The molecule has 0 aliphatic rings. The molecule has 0 aromatic heterocycles. The molecule has 0 fully saturated rings. The predicted octanol–water partition coefficient (Wildman–Crippen LogP) is 2.67. The van der Waals surface area contributed by atoms with E-state index in [0.29, 0.717) is 5.71 Å². The Bertz CT molecular complexity index is 408. The van der Waals surface area contributed by atoms with Crippen molar-refractivity contribution in [2.45, 2.75) is 32.5 Å². The third-order valence-corrected chi connectivity index (χ3v) is 2.18. The molecule has 0 radical (unpaired) electrons. The molecule has 0 heterocycles. The van der Waals surface area contributed by atoms with Gasteiger partial charge in [-0.1, -0.05) is 30.3 Å². The van der Waals surface area contributed by atoms with Crippen LogP contribution in [-0.4, -0.2) is 29.6 Å². The molecule has 17 heavy (non-hydrogen) atoms. The van der Waals surface area contributed by atoms with Crippen molar-refractivity contribution in [2.75, 3.05) is 7.05 Å². The Morgan fingerprint density at radius 1 is 1.24 bits per heavy atom. The van der Waals surface area contributed by atoms with E-state index in [-0.39, 0.29) is 6.04 Å². The van der Waals surface area contributed by atoms with Gasteiger partial charge >= 0.3 is 0 Å². The second kappa shape index (κ2) is 5.68. The van der Waals surface area contributed by atoms with Crippen molar-refractivity contribution in [3.8, 4) is 0 Å². The molecule has 0 bridgehead atoms. The van der Waals surface area contributed by atoms with Gasteiger partial charge in [-0.05, 0) is 20.8 Å². The number of benzene rings is 1. The minimum absolute atomic E-state index is 0.0868. The monoisotopic (exact) mass is 233 g/mol. The summed E-state index contributed by atoms with van der Waals surface area (Å²) in [5.74, 6) is 0. The van der Waals surface area contributed by atoms with Gasteiger partial charge in [0.15, 0.2) is 0 Å². The van der Waals surface area contributed by atoms with Crippen LogP contribution >= 0.6 is 0 Å². The Hall–Kier alpha value is -1.55. The van der Waals surface area contributed by atoms with E-state index in [1.165, 1.54) is 7.05 Å². The lowest BCUT2D eigenvalue weighted by Crippen LogP contribution is -2.34. The summed E-state index contributed by atoms with van der Waals surface area (Å²) in [5.41, 5.74) is 0.0118. The molecule has 4 heteroatoms. The van der Waals surface area contributed by atoms with E-state index in [0.717, 1.165) is 5.56 Å². The van der Waals surface area contributed by atoms with Crippen molar-refractivity contribution >= 4 is 5.71 Å². The highest BCUT2D eigenvalue weighted by molar-refractivity contribution is 6.06. The molecule has 0 saturated carbocycles. The Morgan fingerprint density at radius 2 is 1.82 bits per heavy atom. The van der Waals surface area contributed by atoms with Gasteiger partial charge in [0.05, 0.1) is 5.71 Å². The first-order valence-corrected chi connectivity index (χ1v) is 5.64. The maximum absolute atomic E-state index is 10.3. The predicted molar refractivity (Wildman–Crippen MR) is 69.5 cm³/mol. The fourth-order valence-electron chi connectivity index (χ4n) is 1.57. The van der Waals surface area contributed by atoms with E-state index in [1.807, 2.05) is 44.2 Å². The largest absolute Gasteiger partial charge is 0.363 e. The first-order chi connectivity index (χ1) is 7.97.